The number of hydrogen-bond donors (Lipinski definition) is 0. The largest absolute Gasteiger partial charge is 0.489 e. The molecule has 0 atom stereocenters. The molecule has 172 valence electrons. The average molecular weight is 440 g/mol. The summed E-state index contributed by atoms with van der Waals surface area (Å²) in [4.78, 5) is 19.1. The topological polar surface area (TPSA) is 82.4 Å². The molecule has 5 rings (SSSR count). The van der Waals surface area contributed by atoms with Crippen LogP contribution in [-0.2, 0) is 24.8 Å². The lowest BCUT2D eigenvalue weighted by atomic mass is 9.64. The molecular formula is C24H33N5O3. The normalized spacial score (nSPS) is 20.0. The van der Waals surface area contributed by atoms with Crippen LogP contribution >= 0.6 is 0 Å². The Morgan fingerprint density at radius 3 is 2.62 bits per heavy atom. The lowest BCUT2D eigenvalue weighted by molar-refractivity contribution is -0.0541. The van der Waals surface area contributed by atoms with Crippen molar-refractivity contribution >= 4 is 6.09 Å². The number of likely N-dealkylation sites (tertiary alicyclic amines) is 1. The Kier molecular flexibility index (Phi) is 5.78. The minimum Gasteiger partial charge on any atom is -0.489 e. The molecule has 8 heteroatoms. The highest BCUT2D eigenvalue weighted by atomic mass is 16.6. The first-order valence-electron chi connectivity index (χ1n) is 12.0. The molecule has 3 aliphatic rings. The zero-order valence-electron chi connectivity index (χ0n) is 19.2. The Bertz CT molecular complexity index is 970. The van der Waals surface area contributed by atoms with Gasteiger partial charge in [0.25, 0.3) is 0 Å². The van der Waals surface area contributed by atoms with Crippen LogP contribution in [0.2, 0.25) is 0 Å². The van der Waals surface area contributed by atoms with Crippen molar-refractivity contribution in [2.45, 2.75) is 77.4 Å². The molecule has 1 amide bonds. The fourth-order valence-corrected chi connectivity index (χ4v) is 5.19. The van der Waals surface area contributed by atoms with E-state index in [-0.39, 0.29) is 18.8 Å². The average Bonchev–Trinajstić information content (AvgIpc) is 3.11. The van der Waals surface area contributed by atoms with Gasteiger partial charge in [0.05, 0.1) is 17.5 Å². The molecule has 2 aromatic heterocycles. The van der Waals surface area contributed by atoms with Crippen molar-refractivity contribution in [2.75, 3.05) is 13.1 Å². The van der Waals surface area contributed by atoms with E-state index in [2.05, 4.69) is 17.2 Å². The van der Waals surface area contributed by atoms with Gasteiger partial charge < -0.3 is 14.4 Å². The number of ether oxygens (including phenoxy) is 2. The molecule has 1 saturated heterocycles. The van der Waals surface area contributed by atoms with E-state index in [1.54, 1.807) is 9.58 Å². The maximum absolute atomic E-state index is 12.5. The molecule has 0 N–H and O–H groups in total. The van der Waals surface area contributed by atoms with Gasteiger partial charge in [0, 0.05) is 25.6 Å². The van der Waals surface area contributed by atoms with E-state index in [9.17, 15) is 4.79 Å². The van der Waals surface area contributed by atoms with Gasteiger partial charge in [-0.05, 0) is 57.1 Å². The summed E-state index contributed by atoms with van der Waals surface area (Å²) in [5, 5.41) is 8.47. The van der Waals surface area contributed by atoms with Crippen LogP contribution in [0.3, 0.4) is 0 Å². The molecule has 2 aliphatic carbocycles. The minimum absolute atomic E-state index is 0.130. The van der Waals surface area contributed by atoms with Crippen LogP contribution in [0.5, 0.6) is 5.75 Å². The van der Waals surface area contributed by atoms with E-state index in [4.69, 9.17) is 14.5 Å². The van der Waals surface area contributed by atoms with E-state index in [0.717, 1.165) is 55.2 Å². The molecule has 2 saturated carbocycles. The van der Waals surface area contributed by atoms with Crippen molar-refractivity contribution < 1.29 is 14.3 Å². The number of carbonyl (C=O) groups excluding carboxylic acids is 1. The molecule has 0 aromatic carbocycles. The summed E-state index contributed by atoms with van der Waals surface area (Å²) < 4.78 is 13.5. The maximum atomic E-state index is 12.5. The Morgan fingerprint density at radius 1 is 1.16 bits per heavy atom. The smallest absolute Gasteiger partial charge is 0.410 e. The Balaban J connectivity index is 1.27. The third-order valence-corrected chi connectivity index (χ3v) is 7.36. The predicted molar refractivity (Wildman–Crippen MR) is 119 cm³/mol. The summed E-state index contributed by atoms with van der Waals surface area (Å²) in [5.41, 5.74) is 3.44. The Labute approximate surface area is 189 Å². The Morgan fingerprint density at radius 2 is 1.94 bits per heavy atom. The molecule has 1 spiro atoms. The highest BCUT2D eigenvalue weighted by Gasteiger charge is 2.49. The van der Waals surface area contributed by atoms with E-state index in [1.165, 1.54) is 38.5 Å². The van der Waals surface area contributed by atoms with Gasteiger partial charge in [0.1, 0.15) is 23.7 Å². The quantitative estimate of drug-likeness (QED) is 0.668. The number of aromatic nitrogens is 4. The third kappa shape index (κ3) is 4.07. The highest BCUT2D eigenvalue weighted by molar-refractivity contribution is 5.69. The minimum atomic E-state index is -0.256. The van der Waals surface area contributed by atoms with Crippen LogP contribution in [0.1, 0.15) is 69.7 Å². The second-order valence-corrected chi connectivity index (χ2v) is 9.65. The summed E-state index contributed by atoms with van der Waals surface area (Å²) in [6, 6.07) is 3.93. The third-order valence-electron chi connectivity index (χ3n) is 7.36. The maximum Gasteiger partial charge on any atom is 0.410 e. The summed E-state index contributed by atoms with van der Waals surface area (Å²) >= 11 is 0. The summed E-state index contributed by atoms with van der Waals surface area (Å²) in [5.74, 6) is 0.864. The van der Waals surface area contributed by atoms with Crippen LogP contribution < -0.4 is 4.74 Å². The zero-order chi connectivity index (χ0) is 22.1. The van der Waals surface area contributed by atoms with Gasteiger partial charge in [-0.25, -0.2) is 14.5 Å². The molecule has 0 radical (unpaired) electrons. The number of aryl methyl sites for hydroxylation is 2. The molecule has 32 heavy (non-hydrogen) atoms. The lowest BCUT2D eigenvalue weighted by Crippen LogP contribution is -2.61. The fourth-order valence-electron chi connectivity index (χ4n) is 5.19. The van der Waals surface area contributed by atoms with Crippen LogP contribution in [0.4, 0.5) is 4.79 Å². The number of hydrogen-bond acceptors (Lipinski definition) is 6. The van der Waals surface area contributed by atoms with Crippen LogP contribution in [0.25, 0.3) is 11.4 Å². The van der Waals surface area contributed by atoms with Crippen molar-refractivity contribution in [2.24, 2.45) is 12.5 Å². The first-order valence-corrected chi connectivity index (χ1v) is 12.0. The lowest BCUT2D eigenvalue weighted by Gasteiger charge is -2.55. The molecule has 1 aliphatic heterocycles. The highest BCUT2D eigenvalue weighted by Crippen LogP contribution is 2.48. The molecule has 8 nitrogen and oxygen atoms in total. The molecule has 2 aromatic rings. The summed E-state index contributed by atoms with van der Waals surface area (Å²) in [6.45, 7) is 3.87. The van der Waals surface area contributed by atoms with E-state index in [0.29, 0.717) is 11.1 Å². The summed E-state index contributed by atoms with van der Waals surface area (Å²) in [6.07, 6.45) is 10.6. The molecule has 3 heterocycles. The van der Waals surface area contributed by atoms with Gasteiger partial charge in [-0.2, -0.15) is 0 Å². The number of pyridine rings is 1. The van der Waals surface area contributed by atoms with Gasteiger partial charge >= 0.3 is 6.09 Å². The van der Waals surface area contributed by atoms with E-state index in [1.807, 2.05) is 19.2 Å². The predicted octanol–water partition coefficient (Wildman–Crippen LogP) is 4.27. The molecule has 0 bridgehead atoms. The van der Waals surface area contributed by atoms with Crippen LogP contribution in [0.15, 0.2) is 12.1 Å². The van der Waals surface area contributed by atoms with Crippen LogP contribution in [-0.4, -0.2) is 50.2 Å². The SMILES string of the molecule is CCc1nc(-c2nnn(C)c2COC(=O)N2CC3(CCC3)C2)ccc1OC1CCCCC1. The molecule has 3 fully saturated rings. The first-order chi connectivity index (χ1) is 15.6. The standard InChI is InChI=1S/C24H33N5O3/c1-3-18-21(32-17-8-5-4-6-9-17)11-10-19(25-18)22-20(28(2)27-26-22)14-31-23(30)29-15-24(16-29)12-7-13-24/h10-11,17H,3-9,12-16H2,1-2H3. The van der Waals surface area contributed by atoms with Crippen molar-refractivity contribution in [1.82, 2.24) is 24.9 Å². The van der Waals surface area contributed by atoms with Gasteiger partial charge in [0.2, 0.25) is 0 Å². The molecule has 0 unspecified atom stereocenters. The van der Waals surface area contributed by atoms with Gasteiger partial charge in [-0.15, -0.1) is 5.10 Å². The second-order valence-electron chi connectivity index (χ2n) is 9.65. The number of carbonyl (C=O) groups is 1. The molecular weight excluding hydrogens is 406 g/mol. The Hall–Kier alpha value is -2.64. The first kappa shape index (κ1) is 21.2. The van der Waals surface area contributed by atoms with Crippen molar-refractivity contribution in [3.63, 3.8) is 0 Å². The number of amides is 1. The monoisotopic (exact) mass is 439 g/mol. The van der Waals surface area contributed by atoms with E-state index >= 15 is 0 Å². The fraction of sp³-hybridized carbons (Fsp3) is 0.667. The van der Waals surface area contributed by atoms with Gasteiger partial charge in [-0.3, -0.25) is 0 Å². The second kappa shape index (κ2) is 8.71. The van der Waals surface area contributed by atoms with Gasteiger partial charge in [0.15, 0.2) is 0 Å². The number of nitrogens with zero attached hydrogens (tertiary/aromatic N) is 5. The summed E-state index contributed by atoms with van der Waals surface area (Å²) in [7, 11) is 1.81. The van der Waals surface area contributed by atoms with Gasteiger partial charge in [-0.1, -0.05) is 25.0 Å². The van der Waals surface area contributed by atoms with Crippen LogP contribution in [0, 0.1) is 5.41 Å². The van der Waals surface area contributed by atoms with Crippen molar-refractivity contribution in [3.05, 3.63) is 23.5 Å². The number of rotatable bonds is 6. The van der Waals surface area contributed by atoms with E-state index < -0.39 is 0 Å². The van der Waals surface area contributed by atoms with Crippen molar-refractivity contribution in [3.8, 4) is 17.1 Å². The zero-order valence-corrected chi connectivity index (χ0v) is 19.2. The van der Waals surface area contributed by atoms with Crippen molar-refractivity contribution in [1.29, 1.82) is 0 Å².